The Morgan fingerprint density at radius 1 is 1.59 bits per heavy atom. The summed E-state index contributed by atoms with van der Waals surface area (Å²) in [5.74, 6) is -1.61. The van der Waals surface area contributed by atoms with Crippen LogP contribution < -0.4 is 0 Å². The predicted octanol–water partition coefficient (Wildman–Crippen LogP) is 1.31. The van der Waals surface area contributed by atoms with Crippen molar-refractivity contribution in [2.45, 2.75) is 45.5 Å². The van der Waals surface area contributed by atoms with E-state index in [0.29, 0.717) is 19.4 Å². The van der Waals surface area contributed by atoms with Gasteiger partial charge in [0.2, 0.25) is 5.79 Å². The quantitative estimate of drug-likeness (QED) is 0.427. The number of fused-ring (bicyclic) bond motifs is 1. The number of hydrogen-bond donors (Lipinski definition) is 1. The average Bonchev–Trinajstić information content (AvgIpc) is 2.20. The third-order valence-corrected chi connectivity index (χ3v) is 3.41. The molecule has 1 fully saturated rings. The Hall–Kier alpha value is -0.910. The maximum Gasteiger partial charge on any atom is 0.302 e. The minimum absolute atomic E-state index is 0.0298. The molecule has 17 heavy (non-hydrogen) atoms. The largest absolute Gasteiger partial charge is 0.462 e. The van der Waals surface area contributed by atoms with Crippen molar-refractivity contribution < 1.29 is 24.4 Å². The zero-order chi connectivity index (χ0) is 12.6. The van der Waals surface area contributed by atoms with Gasteiger partial charge in [-0.3, -0.25) is 4.79 Å². The lowest BCUT2D eigenvalue weighted by Gasteiger charge is -2.43. The van der Waals surface area contributed by atoms with Gasteiger partial charge in [0.25, 0.3) is 0 Å². The van der Waals surface area contributed by atoms with Crippen LogP contribution in [0.25, 0.3) is 0 Å². The second kappa shape index (κ2) is 4.40. The number of rotatable bonds is 1. The summed E-state index contributed by atoms with van der Waals surface area (Å²) in [5.41, 5.74) is 1.73. The smallest absolute Gasteiger partial charge is 0.302 e. The van der Waals surface area contributed by atoms with E-state index >= 15 is 0 Å². The molecule has 5 heteroatoms. The number of aliphatic hydroxyl groups is 1. The highest BCUT2D eigenvalue weighted by Crippen LogP contribution is 2.42. The van der Waals surface area contributed by atoms with Gasteiger partial charge in [-0.2, -0.15) is 4.89 Å². The summed E-state index contributed by atoms with van der Waals surface area (Å²) in [6, 6.07) is 0. The fourth-order valence-electron chi connectivity index (χ4n) is 2.52. The number of carbonyl (C=O) groups is 1. The van der Waals surface area contributed by atoms with Gasteiger partial charge in [-0.1, -0.05) is 6.92 Å². The van der Waals surface area contributed by atoms with Crippen LogP contribution >= 0.6 is 0 Å². The molecule has 0 bridgehead atoms. The van der Waals surface area contributed by atoms with Gasteiger partial charge in [0.1, 0.15) is 12.7 Å². The molecule has 0 aromatic heterocycles. The monoisotopic (exact) mass is 242 g/mol. The van der Waals surface area contributed by atoms with E-state index in [4.69, 9.17) is 14.5 Å². The standard InChI is InChI=1S/C12H18O5/c1-7-5-12(14)10(8(2)6-15-17-12)4-11(7)16-9(3)13/h7,11,14H,4-6H2,1-3H3. The van der Waals surface area contributed by atoms with Crippen molar-refractivity contribution in [3.63, 3.8) is 0 Å². The highest BCUT2D eigenvalue weighted by Gasteiger charge is 2.47. The summed E-state index contributed by atoms with van der Waals surface area (Å²) in [5, 5.41) is 10.3. The normalized spacial score (nSPS) is 37.6. The van der Waals surface area contributed by atoms with E-state index in [1.54, 1.807) is 0 Å². The van der Waals surface area contributed by atoms with Gasteiger partial charge in [-0.05, 0) is 24.0 Å². The molecule has 0 aromatic rings. The van der Waals surface area contributed by atoms with Gasteiger partial charge in [-0.15, -0.1) is 0 Å². The van der Waals surface area contributed by atoms with E-state index in [9.17, 15) is 9.90 Å². The number of ether oxygens (including phenoxy) is 1. The third kappa shape index (κ3) is 2.36. The summed E-state index contributed by atoms with van der Waals surface area (Å²) in [7, 11) is 0. The maximum atomic E-state index is 11.0. The van der Waals surface area contributed by atoms with Crippen molar-refractivity contribution >= 4 is 5.97 Å². The van der Waals surface area contributed by atoms with Crippen molar-refractivity contribution in [2.75, 3.05) is 6.61 Å². The van der Waals surface area contributed by atoms with E-state index in [1.807, 2.05) is 13.8 Å². The Labute approximate surface area is 100 Å². The first-order valence-electron chi connectivity index (χ1n) is 5.81. The van der Waals surface area contributed by atoms with Crippen LogP contribution in [0.2, 0.25) is 0 Å². The summed E-state index contributed by atoms with van der Waals surface area (Å²) in [6.45, 7) is 5.56. The van der Waals surface area contributed by atoms with Crippen molar-refractivity contribution in [2.24, 2.45) is 5.92 Å². The zero-order valence-corrected chi connectivity index (χ0v) is 10.4. The number of esters is 1. The van der Waals surface area contributed by atoms with Gasteiger partial charge in [0.15, 0.2) is 0 Å². The molecule has 0 amide bonds. The Kier molecular flexibility index (Phi) is 3.25. The molecule has 2 aliphatic rings. The summed E-state index contributed by atoms with van der Waals surface area (Å²) in [4.78, 5) is 20.9. The lowest BCUT2D eigenvalue weighted by atomic mass is 9.78. The van der Waals surface area contributed by atoms with Crippen molar-refractivity contribution in [1.29, 1.82) is 0 Å². The first-order valence-corrected chi connectivity index (χ1v) is 5.81. The molecule has 1 N–H and O–H groups in total. The van der Waals surface area contributed by atoms with Gasteiger partial charge in [0.05, 0.1) is 0 Å². The lowest BCUT2D eigenvalue weighted by Crippen LogP contribution is -2.48. The molecule has 0 aromatic carbocycles. The minimum Gasteiger partial charge on any atom is -0.462 e. The lowest BCUT2D eigenvalue weighted by molar-refractivity contribution is -0.419. The van der Waals surface area contributed by atoms with Crippen LogP contribution in [0.4, 0.5) is 0 Å². The molecule has 5 nitrogen and oxygen atoms in total. The number of hydrogen-bond acceptors (Lipinski definition) is 5. The van der Waals surface area contributed by atoms with Gasteiger partial charge in [-0.25, -0.2) is 4.89 Å². The molecule has 0 spiro atoms. The molecule has 1 saturated carbocycles. The van der Waals surface area contributed by atoms with Crippen molar-refractivity contribution in [3.05, 3.63) is 11.1 Å². The SMILES string of the molecule is CC(=O)OC1CC2=C(C)COOC2(O)CC1C. The second-order valence-electron chi connectivity index (χ2n) is 4.92. The van der Waals surface area contributed by atoms with E-state index in [2.05, 4.69) is 0 Å². The second-order valence-corrected chi connectivity index (χ2v) is 4.92. The van der Waals surface area contributed by atoms with E-state index in [-0.39, 0.29) is 18.0 Å². The maximum absolute atomic E-state index is 11.0. The number of carbonyl (C=O) groups excluding carboxylic acids is 1. The fraction of sp³-hybridized carbons (Fsp3) is 0.750. The summed E-state index contributed by atoms with van der Waals surface area (Å²) < 4.78 is 5.27. The fourth-order valence-corrected chi connectivity index (χ4v) is 2.52. The molecule has 1 aliphatic heterocycles. The molecule has 0 saturated heterocycles. The van der Waals surface area contributed by atoms with Crippen LogP contribution in [-0.2, 0) is 19.3 Å². The molecule has 2 rings (SSSR count). The molecule has 1 aliphatic carbocycles. The molecular formula is C12H18O5. The molecular weight excluding hydrogens is 224 g/mol. The van der Waals surface area contributed by atoms with Crippen LogP contribution in [0.3, 0.4) is 0 Å². The van der Waals surface area contributed by atoms with Crippen LogP contribution in [0.15, 0.2) is 11.1 Å². The zero-order valence-electron chi connectivity index (χ0n) is 10.4. The highest BCUT2D eigenvalue weighted by molar-refractivity contribution is 5.66. The van der Waals surface area contributed by atoms with Crippen LogP contribution in [-0.4, -0.2) is 29.6 Å². The minimum atomic E-state index is -1.35. The third-order valence-electron chi connectivity index (χ3n) is 3.41. The van der Waals surface area contributed by atoms with E-state index in [0.717, 1.165) is 11.1 Å². The molecule has 0 radical (unpaired) electrons. The van der Waals surface area contributed by atoms with Crippen molar-refractivity contribution in [3.8, 4) is 0 Å². The average molecular weight is 242 g/mol. The first kappa shape index (κ1) is 12.5. The molecule has 96 valence electrons. The molecule has 1 heterocycles. The Balaban J connectivity index is 2.22. The topological polar surface area (TPSA) is 65.0 Å². The van der Waals surface area contributed by atoms with Gasteiger partial charge in [0, 0.05) is 19.8 Å². The highest BCUT2D eigenvalue weighted by atomic mass is 17.2. The summed E-state index contributed by atoms with van der Waals surface area (Å²) >= 11 is 0. The van der Waals surface area contributed by atoms with Crippen molar-refractivity contribution in [1.82, 2.24) is 0 Å². The van der Waals surface area contributed by atoms with Crippen LogP contribution in [0.1, 0.15) is 33.6 Å². The van der Waals surface area contributed by atoms with E-state index < -0.39 is 5.79 Å². The Morgan fingerprint density at radius 3 is 2.94 bits per heavy atom. The Bertz CT molecular complexity index is 362. The summed E-state index contributed by atoms with van der Waals surface area (Å²) in [6.07, 6.45) is 0.684. The van der Waals surface area contributed by atoms with Gasteiger partial charge >= 0.3 is 5.97 Å². The first-order chi connectivity index (χ1) is 7.92. The molecule has 3 unspecified atom stereocenters. The Morgan fingerprint density at radius 2 is 2.29 bits per heavy atom. The molecule has 3 atom stereocenters. The van der Waals surface area contributed by atoms with E-state index in [1.165, 1.54) is 6.92 Å². The van der Waals surface area contributed by atoms with Crippen LogP contribution in [0, 0.1) is 5.92 Å². The van der Waals surface area contributed by atoms with Crippen LogP contribution in [0.5, 0.6) is 0 Å². The predicted molar refractivity (Wildman–Crippen MR) is 58.6 cm³/mol. The van der Waals surface area contributed by atoms with Gasteiger partial charge < -0.3 is 9.84 Å².